The van der Waals surface area contributed by atoms with Gasteiger partial charge in [-0.25, -0.2) is 4.79 Å². The molecule has 0 aromatic heterocycles. The Labute approximate surface area is 136 Å². The number of phenolic OH excluding ortho intramolecular Hbond substituents is 2. The van der Waals surface area contributed by atoms with E-state index in [9.17, 15) is 15.0 Å². The number of aromatic hydroxyl groups is 2. The number of urea groups is 1. The minimum absolute atomic E-state index is 0.120. The van der Waals surface area contributed by atoms with Crippen molar-refractivity contribution in [1.82, 2.24) is 5.32 Å². The van der Waals surface area contributed by atoms with Gasteiger partial charge in [-0.15, -0.1) is 0 Å². The molecule has 5 heteroatoms. The van der Waals surface area contributed by atoms with E-state index in [0.717, 1.165) is 16.8 Å². The molecule has 0 unspecified atom stereocenters. The Morgan fingerprint density at radius 2 is 1.83 bits per heavy atom. The van der Waals surface area contributed by atoms with Crippen molar-refractivity contribution in [3.8, 4) is 11.5 Å². The number of hydrogen-bond acceptors (Lipinski definition) is 3. The molecule has 0 fully saturated rings. The van der Waals surface area contributed by atoms with E-state index in [1.807, 2.05) is 25.1 Å². The van der Waals surface area contributed by atoms with Crippen LogP contribution >= 0.6 is 0 Å². The Kier molecular flexibility index (Phi) is 5.11. The molecule has 0 atom stereocenters. The molecule has 0 spiro atoms. The van der Waals surface area contributed by atoms with E-state index in [0.29, 0.717) is 11.5 Å². The molecule has 23 heavy (non-hydrogen) atoms. The molecule has 0 radical (unpaired) electrons. The largest absolute Gasteiger partial charge is 0.504 e. The van der Waals surface area contributed by atoms with Crippen LogP contribution in [0.2, 0.25) is 0 Å². The topological polar surface area (TPSA) is 81.6 Å². The van der Waals surface area contributed by atoms with Crippen LogP contribution in [0.25, 0.3) is 0 Å². The lowest BCUT2D eigenvalue weighted by molar-refractivity contribution is 0.251. The summed E-state index contributed by atoms with van der Waals surface area (Å²) in [7, 11) is 0. The van der Waals surface area contributed by atoms with E-state index >= 15 is 0 Å². The lowest BCUT2D eigenvalue weighted by Crippen LogP contribution is -2.29. The van der Waals surface area contributed by atoms with Gasteiger partial charge in [0.05, 0.1) is 0 Å². The molecule has 122 valence electrons. The molecule has 2 aromatic rings. The summed E-state index contributed by atoms with van der Waals surface area (Å²) in [6.07, 6.45) is 0. The maximum absolute atomic E-state index is 12.1. The summed E-state index contributed by atoms with van der Waals surface area (Å²) in [6.45, 7) is 6.21. The average molecular weight is 314 g/mol. The quantitative estimate of drug-likeness (QED) is 0.647. The maximum atomic E-state index is 12.1. The summed E-state index contributed by atoms with van der Waals surface area (Å²) in [5, 5.41) is 24.8. The summed E-state index contributed by atoms with van der Waals surface area (Å²) in [4.78, 5) is 12.1. The minimum atomic E-state index is -0.357. The summed E-state index contributed by atoms with van der Waals surface area (Å²) in [5.41, 5.74) is 3.32. The SMILES string of the molecule is Cc1cccc(C(C)C)c1NC(=O)NCc1cccc(O)c1O. The summed E-state index contributed by atoms with van der Waals surface area (Å²) >= 11 is 0. The number of nitrogens with one attached hydrogen (secondary N) is 2. The first kappa shape index (κ1) is 16.7. The van der Waals surface area contributed by atoms with Crippen molar-refractivity contribution >= 4 is 11.7 Å². The van der Waals surface area contributed by atoms with Gasteiger partial charge in [0, 0.05) is 17.8 Å². The highest BCUT2D eigenvalue weighted by molar-refractivity contribution is 5.91. The number of benzene rings is 2. The fourth-order valence-electron chi connectivity index (χ4n) is 2.40. The first-order chi connectivity index (χ1) is 10.9. The molecule has 0 aliphatic rings. The van der Waals surface area contributed by atoms with Crippen LogP contribution in [0.15, 0.2) is 36.4 Å². The highest BCUT2D eigenvalue weighted by Crippen LogP contribution is 2.29. The number of carbonyl (C=O) groups is 1. The van der Waals surface area contributed by atoms with Crippen molar-refractivity contribution in [2.45, 2.75) is 33.2 Å². The Bertz CT molecular complexity index is 711. The zero-order chi connectivity index (χ0) is 17.0. The maximum Gasteiger partial charge on any atom is 0.319 e. The van der Waals surface area contributed by atoms with Gasteiger partial charge in [0.2, 0.25) is 0 Å². The van der Waals surface area contributed by atoms with Crippen LogP contribution < -0.4 is 10.6 Å². The zero-order valence-electron chi connectivity index (χ0n) is 13.6. The van der Waals surface area contributed by atoms with Crippen molar-refractivity contribution in [3.63, 3.8) is 0 Å². The predicted molar refractivity (Wildman–Crippen MR) is 90.9 cm³/mol. The second-order valence-corrected chi connectivity index (χ2v) is 5.79. The number of anilines is 1. The minimum Gasteiger partial charge on any atom is -0.504 e. The summed E-state index contributed by atoms with van der Waals surface area (Å²) in [5.74, 6) is -0.127. The van der Waals surface area contributed by atoms with E-state index in [4.69, 9.17) is 0 Å². The van der Waals surface area contributed by atoms with E-state index in [1.54, 1.807) is 12.1 Å². The molecule has 2 rings (SSSR count). The lowest BCUT2D eigenvalue weighted by Gasteiger charge is -2.17. The summed E-state index contributed by atoms with van der Waals surface area (Å²) < 4.78 is 0. The third-order valence-electron chi connectivity index (χ3n) is 3.70. The molecule has 0 heterocycles. The molecule has 0 bridgehead atoms. The van der Waals surface area contributed by atoms with Gasteiger partial charge in [-0.05, 0) is 30.0 Å². The van der Waals surface area contributed by atoms with Crippen molar-refractivity contribution < 1.29 is 15.0 Å². The number of para-hydroxylation sites is 2. The number of amides is 2. The van der Waals surface area contributed by atoms with Gasteiger partial charge < -0.3 is 20.8 Å². The van der Waals surface area contributed by atoms with Gasteiger partial charge in [-0.3, -0.25) is 0 Å². The smallest absolute Gasteiger partial charge is 0.319 e. The predicted octanol–water partition coefficient (Wildman–Crippen LogP) is 3.85. The van der Waals surface area contributed by atoms with Crippen molar-refractivity contribution in [2.75, 3.05) is 5.32 Å². The van der Waals surface area contributed by atoms with Gasteiger partial charge in [0.25, 0.3) is 0 Å². The summed E-state index contributed by atoms with van der Waals surface area (Å²) in [6, 6.07) is 10.2. The number of hydrogen-bond donors (Lipinski definition) is 4. The molecule has 2 amide bonds. The van der Waals surface area contributed by atoms with Crippen LogP contribution in [0, 0.1) is 6.92 Å². The van der Waals surface area contributed by atoms with Crippen LogP contribution in [0.5, 0.6) is 11.5 Å². The Morgan fingerprint density at radius 3 is 2.52 bits per heavy atom. The van der Waals surface area contributed by atoms with E-state index in [1.165, 1.54) is 6.07 Å². The van der Waals surface area contributed by atoms with Gasteiger partial charge >= 0.3 is 6.03 Å². The Hall–Kier alpha value is -2.69. The second kappa shape index (κ2) is 7.05. The van der Waals surface area contributed by atoms with Crippen molar-refractivity contribution in [3.05, 3.63) is 53.1 Å². The second-order valence-electron chi connectivity index (χ2n) is 5.79. The molecule has 0 aliphatic heterocycles. The molecular formula is C18H22N2O3. The van der Waals surface area contributed by atoms with Crippen LogP contribution in [0.3, 0.4) is 0 Å². The fourth-order valence-corrected chi connectivity index (χ4v) is 2.40. The number of aryl methyl sites for hydroxylation is 1. The lowest BCUT2D eigenvalue weighted by atomic mass is 9.98. The standard InChI is InChI=1S/C18H22N2O3/c1-11(2)14-8-4-6-12(3)16(14)20-18(23)19-10-13-7-5-9-15(21)17(13)22/h4-9,11,21-22H,10H2,1-3H3,(H2,19,20,23). The normalized spacial score (nSPS) is 10.6. The monoisotopic (exact) mass is 314 g/mol. The molecule has 2 aromatic carbocycles. The van der Waals surface area contributed by atoms with Crippen LogP contribution in [-0.2, 0) is 6.54 Å². The van der Waals surface area contributed by atoms with Gasteiger partial charge in [0.15, 0.2) is 11.5 Å². The highest BCUT2D eigenvalue weighted by Gasteiger charge is 2.12. The van der Waals surface area contributed by atoms with E-state index in [-0.39, 0.29) is 24.1 Å². The van der Waals surface area contributed by atoms with Crippen molar-refractivity contribution in [1.29, 1.82) is 0 Å². The number of phenols is 2. The molecule has 0 saturated heterocycles. The zero-order valence-corrected chi connectivity index (χ0v) is 13.6. The third-order valence-corrected chi connectivity index (χ3v) is 3.70. The van der Waals surface area contributed by atoms with E-state index < -0.39 is 0 Å². The van der Waals surface area contributed by atoms with E-state index in [2.05, 4.69) is 24.5 Å². The molecule has 4 N–H and O–H groups in total. The van der Waals surface area contributed by atoms with Crippen LogP contribution in [0.4, 0.5) is 10.5 Å². The van der Waals surface area contributed by atoms with Crippen LogP contribution in [0.1, 0.15) is 36.5 Å². The van der Waals surface area contributed by atoms with Gasteiger partial charge in [0.1, 0.15) is 0 Å². The van der Waals surface area contributed by atoms with Crippen molar-refractivity contribution in [2.24, 2.45) is 0 Å². The third kappa shape index (κ3) is 3.94. The number of carbonyl (C=O) groups excluding carboxylic acids is 1. The first-order valence-electron chi connectivity index (χ1n) is 7.54. The van der Waals surface area contributed by atoms with Gasteiger partial charge in [-0.2, -0.15) is 0 Å². The van der Waals surface area contributed by atoms with Gasteiger partial charge in [-0.1, -0.05) is 44.2 Å². The molecule has 0 aliphatic carbocycles. The fraction of sp³-hybridized carbons (Fsp3) is 0.278. The first-order valence-corrected chi connectivity index (χ1v) is 7.54. The highest BCUT2D eigenvalue weighted by atomic mass is 16.3. The molecule has 5 nitrogen and oxygen atoms in total. The molecule has 0 saturated carbocycles. The Morgan fingerprint density at radius 1 is 1.13 bits per heavy atom. The molecular weight excluding hydrogens is 292 g/mol. The average Bonchev–Trinajstić information content (AvgIpc) is 2.50. The number of rotatable bonds is 4. The van der Waals surface area contributed by atoms with Crippen LogP contribution in [-0.4, -0.2) is 16.2 Å². The Balaban J connectivity index is 2.07.